The van der Waals surface area contributed by atoms with E-state index in [1.807, 2.05) is 13.8 Å². The van der Waals surface area contributed by atoms with Crippen LogP contribution in [0.1, 0.15) is 33.6 Å². The molecule has 0 spiro atoms. The van der Waals surface area contributed by atoms with Gasteiger partial charge in [0.15, 0.2) is 6.29 Å². The first-order chi connectivity index (χ1) is 6.77. The predicted octanol–water partition coefficient (Wildman–Crippen LogP) is 1.77. The minimum Gasteiger partial charge on any atom is -0.352 e. The molecule has 1 rings (SSSR count). The average Bonchev–Trinajstić information content (AvgIpc) is 2.97. The second-order valence-electron chi connectivity index (χ2n) is 3.87. The van der Waals surface area contributed by atoms with Gasteiger partial charge in [0.25, 0.3) is 0 Å². The van der Waals surface area contributed by atoms with Crippen molar-refractivity contribution in [2.24, 2.45) is 5.92 Å². The maximum atomic E-state index is 5.45. The fourth-order valence-electron chi connectivity index (χ4n) is 1.58. The molecule has 1 aliphatic rings. The second-order valence-corrected chi connectivity index (χ2v) is 3.87. The Morgan fingerprint density at radius 2 is 1.79 bits per heavy atom. The Balaban J connectivity index is 2.10. The summed E-state index contributed by atoms with van der Waals surface area (Å²) in [6, 6.07) is 0.610. The first kappa shape index (κ1) is 12.0. The largest absolute Gasteiger partial charge is 0.352 e. The monoisotopic (exact) mass is 201 g/mol. The predicted molar refractivity (Wildman–Crippen MR) is 57.2 cm³/mol. The summed E-state index contributed by atoms with van der Waals surface area (Å²) in [6.07, 6.45) is 2.68. The normalized spacial score (nSPS) is 18.9. The van der Waals surface area contributed by atoms with Crippen molar-refractivity contribution in [3.05, 3.63) is 0 Å². The zero-order valence-electron chi connectivity index (χ0n) is 9.58. The Hall–Kier alpha value is -0.120. The van der Waals surface area contributed by atoms with Crippen LogP contribution in [-0.4, -0.2) is 32.1 Å². The molecule has 0 aromatic heterocycles. The zero-order valence-corrected chi connectivity index (χ0v) is 9.58. The van der Waals surface area contributed by atoms with E-state index in [0.29, 0.717) is 19.3 Å². The molecule has 0 amide bonds. The highest BCUT2D eigenvalue weighted by Gasteiger charge is 2.27. The number of rotatable bonds is 8. The maximum Gasteiger partial charge on any atom is 0.169 e. The van der Waals surface area contributed by atoms with Gasteiger partial charge in [-0.1, -0.05) is 0 Å². The van der Waals surface area contributed by atoms with Gasteiger partial charge in [0, 0.05) is 25.8 Å². The zero-order chi connectivity index (χ0) is 10.4. The van der Waals surface area contributed by atoms with Crippen LogP contribution in [0.5, 0.6) is 0 Å². The highest BCUT2D eigenvalue weighted by atomic mass is 16.7. The SMILES string of the molecule is CCOC(CNC(C)C1CC1)OCC. The summed E-state index contributed by atoms with van der Waals surface area (Å²) in [5.74, 6) is 0.888. The summed E-state index contributed by atoms with van der Waals surface area (Å²) in [5.41, 5.74) is 0. The van der Waals surface area contributed by atoms with Crippen LogP contribution < -0.4 is 5.32 Å². The first-order valence-corrected chi connectivity index (χ1v) is 5.74. The maximum absolute atomic E-state index is 5.45. The minimum atomic E-state index is -0.0776. The Labute approximate surface area is 87.2 Å². The van der Waals surface area contributed by atoms with Crippen LogP contribution in [-0.2, 0) is 9.47 Å². The van der Waals surface area contributed by atoms with Crippen LogP contribution in [0.15, 0.2) is 0 Å². The van der Waals surface area contributed by atoms with Crippen molar-refractivity contribution in [2.75, 3.05) is 19.8 Å². The molecule has 0 saturated heterocycles. The molecule has 0 aliphatic heterocycles. The third kappa shape index (κ3) is 4.40. The van der Waals surface area contributed by atoms with Gasteiger partial charge in [0.2, 0.25) is 0 Å². The third-order valence-electron chi connectivity index (χ3n) is 2.64. The van der Waals surface area contributed by atoms with Crippen molar-refractivity contribution in [1.29, 1.82) is 0 Å². The van der Waals surface area contributed by atoms with Crippen molar-refractivity contribution in [3.63, 3.8) is 0 Å². The molecular formula is C11H23NO2. The van der Waals surface area contributed by atoms with E-state index < -0.39 is 0 Å². The van der Waals surface area contributed by atoms with Crippen LogP contribution in [0, 0.1) is 5.92 Å². The molecule has 1 atom stereocenters. The molecule has 1 unspecified atom stereocenters. The standard InChI is InChI=1S/C11H23NO2/c1-4-13-11(14-5-2)8-12-9(3)10-6-7-10/h9-12H,4-8H2,1-3H3. The van der Waals surface area contributed by atoms with E-state index >= 15 is 0 Å². The Kier molecular flexibility index (Phi) is 5.45. The lowest BCUT2D eigenvalue weighted by atomic mass is 10.2. The topological polar surface area (TPSA) is 30.5 Å². The molecule has 1 fully saturated rings. The molecular weight excluding hydrogens is 178 g/mol. The summed E-state index contributed by atoms with van der Waals surface area (Å²) >= 11 is 0. The van der Waals surface area contributed by atoms with Gasteiger partial charge >= 0.3 is 0 Å². The van der Waals surface area contributed by atoms with Crippen molar-refractivity contribution in [2.45, 2.75) is 45.9 Å². The molecule has 3 heteroatoms. The van der Waals surface area contributed by atoms with Crippen LogP contribution in [0.2, 0.25) is 0 Å². The molecule has 0 bridgehead atoms. The minimum absolute atomic E-state index is 0.0776. The van der Waals surface area contributed by atoms with Crippen molar-refractivity contribution >= 4 is 0 Å². The smallest absolute Gasteiger partial charge is 0.169 e. The highest BCUT2D eigenvalue weighted by molar-refractivity contribution is 4.83. The van der Waals surface area contributed by atoms with Crippen LogP contribution >= 0.6 is 0 Å². The second kappa shape index (κ2) is 6.38. The lowest BCUT2D eigenvalue weighted by Gasteiger charge is -2.20. The molecule has 0 aromatic rings. The molecule has 1 saturated carbocycles. The fraction of sp³-hybridized carbons (Fsp3) is 1.00. The van der Waals surface area contributed by atoms with E-state index in [-0.39, 0.29) is 6.29 Å². The molecule has 14 heavy (non-hydrogen) atoms. The van der Waals surface area contributed by atoms with E-state index in [9.17, 15) is 0 Å². The van der Waals surface area contributed by atoms with Crippen LogP contribution in [0.3, 0.4) is 0 Å². The number of hydrogen-bond acceptors (Lipinski definition) is 3. The van der Waals surface area contributed by atoms with E-state index in [1.54, 1.807) is 0 Å². The van der Waals surface area contributed by atoms with E-state index in [4.69, 9.17) is 9.47 Å². The average molecular weight is 201 g/mol. The van der Waals surface area contributed by atoms with Gasteiger partial charge in [-0.25, -0.2) is 0 Å². The van der Waals surface area contributed by atoms with Gasteiger partial charge in [-0.3, -0.25) is 0 Å². The summed E-state index contributed by atoms with van der Waals surface area (Å²) in [7, 11) is 0. The molecule has 0 heterocycles. The molecule has 1 N–H and O–H groups in total. The van der Waals surface area contributed by atoms with E-state index in [0.717, 1.165) is 12.5 Å². The summed E-state index contributed by atoms with van der Waals surface area (Å²) in [4.78, 5) is 0. The summed E-state index contributed by atoms with van der Waals surface area (Å²) in [6.45, 7) is 8.47. The molecule has 0 aromatic carbocycles. The van der Waals surface area contributed by atoms with Gasteiger partial charge < -0.3 is 14.8 Å². The summed E-state index contributed by atoms with van der Waals surface area (Å²) < 4.78 is 10.9. The molecule has 0 radical (unpaired) electrons. The van der Waals surface area contributed by atoms with Crippen molar-refractivity contribution in [3.8, 4) is 0 Å². The summed E-state index contributed by atoms with van der Waals surface area (Å²) in [5, 5.41) is 3.46. The fourth-order valence-corrected chi connectivity index (χ4v) is 1.58. The van der Waals surface area contributed by atoms with Gasteiger partial charge in [0.05, 0.1) is 0 Å². The van der Waals surface area contributed by atoms with Gasteiger partial charge in [0.1, 0.15) is 0 Å². The van der Waals surface area contributed by atoms with Crippen molar-refractivity contribution < 1.29 is 9.47 Å². The van der Waals surface area contributed by atoms with E-state index in [2.05, 4.69) is 12.2 Å². The molecule has 1 aliphatic carbocycles. The van der Waals surface area contributed by atoms with Crippen LogP contribution in [0.4, 0.5) is 0 Å². The lowest BCUT2D eigenvalue weighted by Crippen LogP contribution is -2.37. The quantitative estimate of drug-likeness (QED) is 0.607. The van der Waals surface area contributed by atoms with Gasteiger partial charge in [-0.05, 0) is 39.5 Å². The first-order valence-electron chi connectivity index (χ1n) is 5.74. The number of hydrogen-bond donors (Lipinski definition) is 1. The van der Waals surface area contributed by atoms with Gasteiger partial charge in [-0.2, -0.15) is 0 Å². The number of ether oxygens (including phenoxy) is 2. The van der Waals surface area contributed by atoms with Gasteiger partial charge in [-0.15, -0.1) is 0 Å². The van der Waals surface area contributed by atoms with Crippen molar-refractivity contribution in [1.82, 2.24) is 5.32 Å². The van der Waals surface area contributed by atoms with Crippen LogP contribution in [0.25, 0.3) is 0 Å². The lowest BCUT2D eigenvalue weighted by molar-refractivity contribution is -0.133. The Morgan fingerprint density at radius 1 is 1.21 bits per heavy atom. The highest BCUT2D eigenvalue weighted by Crippen LogP contribution is 2.32. The Morgan fingerprint density at radius 3 is 2.21 bits per heavy atom. The Bertz CT molecular complexity index is 142. The molecule has 84 valence electrons. The van der Waals surface area contributed by atoms with E-state index in [1.165, 1.54) is 12.8 Å². The molecule has 3 nitrogen and oxygen atoms in total. The number of nitrogens with one attached hydrogen (secondary N) is 1. The third-order valence-corrected chi connectivity index (χ3v) is 2.64.